The van der Waals surface area contributed by atoms with Crippen molar-refractivity contribution >= 4 is 0 Å². The van der Waals surface area contributed by atoms with Crippen LogP contribution in [0.5, 0.6) is 0 Å². The van der Waals surface area contributed by atoms with Gasteiger partial charge in [0.05, 0.1) is 7.11 Å². The van der Waals surface area contributed by atoms with Crippen molar-refractivity contribution in [2.24, 2.45) is 0 Å². The van der Waals surface area contributed by atoms with Crippen LogP contribution in [0, 0.1) is 6.92 Å². The van der Waals surface area contributed by atoms with Crippen LogP contribution in [0.25, 0.3) is 0 Å². The lowest BCUT2D eigenvalue weighted by Crippen LogP contribution is -1.93. The number of aryl methyl sites for hydroxylation is 1. The van der Waals surface area contributed by atoms with Gasteiger partial charge in [0.25, 0.3) is 0 Å². The van der Waals surface area contributed by atoms with Crippen LogP contribution in [0.3, 0.4) is 0 Å². The van der Waals surface area contributed by atoms with Crippen molar-refractivity contribution in [3.63, 3.8) is 0 Å². The van der Waals surface area contributed by atoms with E-state index < -0.39 is 0 Å². The Balaban J connectivity index is 2.62. The van der Waals surface area contributed by atoms with Crippen molar-refractivity contribution in [3.8, 4) is 0 Å². The molecule has 0 fully saturated rings. The SMILES string of the molecule is COOCc1ccccc1C. The van der Waals surface area contributed by atoms with Gasteiger partial charge >= 0.3 is 0 Å². The van der Waals surface area contributed by atoms with Crippen LogP contribution in [0.4, 0.5) is 0 Å². The Bertz CT molecular complexity index is 221. The van der Waals surface area contributed by atoms with Crippen molar-refractivity contribution in [2.75, 3.05) is 7.11 Å². The number of benzene rings is 1. The van der Waals surface area contributed by atoms with E-state index in [0.29, 0.717) is 6.61 Å². The zero-order chi connectivity index (χ0) is 8.10. The third-order valence-electron chi connectivity index (χ3n) is 1.59. The van der Waals surface area contributed by atoms with E-state index in [1.807, 2.05) is 31.2 Å². The standard InChI is InChI=1S/C9H12O2/c1-8-5-3-4-6-9(8)7-11-10-2/h3-6H,7H2,1-2H3. The first-order chi connectivity index (χ1) is 5.34. The van der Waals surface area contributed by atoms with Crippen LogP contribution in [-0.2, 0) is 16.4 Å². The molecule has 2 heteroatoms. The highest BCUT2D eigenvalue weighted by molar-refractivity contribution is 5.24. The van der Waals surface area contributed by atoms with Gasteiger partial charge in [-0.25, -0.2) is 9.78 Å². The van der Waals surface area contributed by atoms with E-state index in [4.69, 9.17) is 4.89 Å². The van der Waals surface area contributed by atoms with E-state index in [1.165, 1.54) is 12.7 Å². The Morgan fingerprint density at radius 2 is 2.00 bits per heavy atom. The maximum Gasteiger partial charge on any atom is 0.108 e. The minimum Gasteiger partial charge on any atom is -0.240 e. The van der Waals surface area contributed by atoms with Crippen molar-refractivity contribution in [1.29, 1.82) is 0 Å². The number of rotatable bonds is 3. The molecule has 0 N–H and O–H groups in total. The Morgan fingerprint density at radius 1 is 1.27 bits per heavy atom. The number of hydrogen-bond acceptors (Lipinski definition) is 2. The molecule has 1 aromatic rings. The second-order valence-electron chi connectivity index (χ2n) is 2.36. The third-order valence-corrected chi connectivity index (χ3v) is 1.59. The minimum atomic E-state index is 0.517. The van der Waals surface area contributed by atoms with Gasteiger partial charge in [0.15, 0.2) is 0 Å². The summed E-state index contributed by atoms with van der Waals surface area (Å²) >= 11 is 0. The summed E-state index contributed by atoms with van der Waals surface area (Å²) in [5, 5.41) is 0. The average Bonchev–Trinajstić information content (AvgIpc) is 2.03. The van der Waals surface area contributed by atoms with Crippen molar-refractivity contribution in [2.45, 2.75) is 13.5 Å². The molecule has 1 aromatic carbocycles. The second kappa shape index (κ2) is 4.11. The third kappa shape index (κ3) is 2.33. The maximum atomic E-state index is 4.80. The largest absolute Gasteiger partial charge is 0.240 e. The van der Waals surface area contributed by atoms with E-state index in [1.54, 1.807) is 0 Å². The molecule has 0 spiro atoms. The highest BCUT2D eigenvalue weighted by atomic mass is 17.2. The summed E-state index contributed by atoms with van der Waals surface area (Å²) in [4.78, 5) is 9.30. The molecule has 2 nitrogen and oxygen atoms in total. The topological polar surface area (TPSA) is 18.5 Å². The molecule has 0 saturated carbocycles. The van der Waals surface area contributed by atoms with Gasteiger partial charge in [-0.3, -0.25) is 0 Å². The van der Waals surface area contributed by atoms with Crippen LogP contribution in [0.2, 0.25) is 0 Å². The molecule has 0 aromatic heterocycles. The van der Waals surface area contributed by atoms with Gasteiger partial charge < -0.3 is 0 Å². The fraction of sp³-hybridized carbons (Fsp3) is 0.333. The fourth-order valence-corrected chi connectivity index (χ4v) is 0.894. The molecule has 1 rings (SSSR count). The van der Waals surface area contributed by atoms with Gasteiger partial charge in [0.2, 0.25) is 0 Å². The smallest absolute Gasteiger partial charge is 0.108 e. The molecule has 60 valence electrons. The first-order valence-electron chi connectivity index (χ1n) is 3.54. The first kappa shape index (κ1) is 8.24. The van der Waals surface area contributed by atoms with Crippen molar-refractivity contribution < 1.29 is 9.78 Å². The lowest BCUT2D eigenvalue weighted by molar-refractivity contribution is -0.282. The Kier molecular flexibility index (Phi) is 3.08. The van der Waals surface area contributed by atoms with Gasteiger partial charge in [-0.05, 0) is 18.1 Å². The zero-order valence-electron chi connectivity index (χ0n) is 6.83. The summed E-state index contributed by atoms with van der Waals surface area (Å²) in [7, 11) is 1.51. The van der Waals surface area contributed by atoms with Gasteiger partial charge in [0.1, 0.15) is 6.61 Å². The van der Waals surface area contributed by atoms with Crippen LogP contribution in [-0.4, -0.2) is 7.11 Å². The summed E-state index contributed by atoms with van der Waals surface area (Å²) in [6.07, 6.45) is 0. The van der Waals surface area contributed by atoms with E-state index in [2.05, 4.69) is 4.89 Å². The molecule has 0 atom stereocenters. The summed E-state index contributed by atoms with van der Waals surface area (Å²) in [6, 6.07) is 8.07. The normalized spacial score (nSPS) is 10.0. The molecule has 11 heavy (non-hydrogen) atoms. The quantitative estimate of drug-likeness (QED) is 0.487. The molecular formula is C9H12O2. The lowest BCUT2D eigenvalue weighted by atomic mass is 10.1. The highest BCUT2D eigenvalue weighted by Crippen LogP contribution is 2.07. The van der Waals surface area contributed by atoms with Gasteiger partial charge in [-0.15, -0.1) is 0 Å². The summed E-state index contributed by atoms with van der Waals surface area (Å²) in [5.41, 5.74) is 2.39. The molecule has 0 amide bonds. The van der Waals surface area contributed by atoms with E-state index in [9.17, 15) is 0 Å². The predicted octanol–water partition coefficient (Wildman–Crippen LogP) is 2.07. The molecule has 0 unspecified atom stereocenters. The zero-order valence-corrected chi connectivity index (χ0v) is 6.83. The van der Waals surface area contributed by atoms with E-state index in [-0.39, 0.29) is 0 Å². The predicted molar refractivity (Wildman–Crippen MR) is 43.0 cm³/mol. The fourth-order valence-electron chi connectivity index (χ4n) is 0.894. The average molecular weight is 152 g/mol. The molecule has 0 aliphatic rings. The molecule has 0 aliphatic heterocycles. The molecule has 0 bridgehead atoms. The first-order valence-corrected chi connectivity index (χ1v) is 3.54. The van der Waals surface area contributed by atoms with Crippen LogP contribution < -0.4 is 0 Å². The van der Waals surface area contributed by atoms with Crippen LogP contribution in [0.15, 0.2) is 24.3 Å². The van der Waals surface area contributed by atoms with Crippen LogP contribution >= 0.6 is 0 Å². The minimum absolute atomic E-state index is 0.517. The Morgan fingerprint density at radius 3 is 2.64 bits per heavy atom. The Labute approximate surface area is 66.7 Å². The summed E-state index contributed by atoms with van der Waals surface area (Å²) < 4.78 is 0. The molecule has 0 heterocycles. The second-order valence-corrected chi connectivity index (χ2v) is 2.36. The van der Waals surface area contributed by atoms with Gasteiger partial charge in [0, 0.05) is 0 Å². The summed E-state index contributed by atoms with van der Waals surface area (Å²) in [6.45, 7) is 2.57. The molecule has 0 saturated heterocycles. The van der Waals surface area contributed by atoms with E-state index >= 15 is 0 Å². The number of hydrogen-bond donors (Lipinski definition) is 0. The van der Waals surface area contributed by atoms with Crippen molar-refractivity contribution in [3.05, 3.63) is 35.4 Å². The van der Waals surface area contributed by atoms with Gasteiger partial charge in [-0.2, -0.15) is 0 Å². The van der Waals surface area contributed by atoms with Crippen molar-refractivity contribution in [1.82, 2.24) is 0 Å². The molecule has 0 aliphatic carbocycles. The molecular weight excluding hydrogens is 140 g/mol. The Hall–Kier alpha value is -0.860. The van der Waals surface area contributed by atoms with E-state index in [0.717, 1.165) is 5.56 Å². The van der Waals surface area contributed by atoms with Gasteiger partial charge in [-0.1, -0.05) is 24.3 Å². The summed E-state index contributed by atoms with van der Waals surface area (Å²) in [5.74, 6) is 0. The maximum absolute atomic E-state index is 4.80. The highest BCUT2D eigenvalue weighted by Gasteiger charge is 1.95. The monoisotopic (exact) mass is 152 g/mol. The molecule has 0 radical (unpaired) electrons. The van der Waals surface area contributed by atoms with Crippen LogP contribution in [0.1, 0.15) is 11.1 Å². The lowest BCUT2D eigenvalue weighted by Gasteiger charge is -2.02.